The molecule has 1 aromatic carbocycles. The van der Waals surface area contributed by atoms with Gasteiger partial charge in [0.2, 0.25) is 0 Å². The predicted octanol–water partition coefficient (Wildman–Crippen LogP) is 2.32. The van der Waals surface area contributed by atoms with Gasteiger partial charge in [0.1, 0.15) is 0 Å². The van der Waals surface area contributed by atoms with Crippen LogP contribution in [0.25, 0.3) is 0 Å². The first kappa shape index (κ1) is 13.5. The van der Waals surface area contributed by atoms with Gasteiger partial charge in [-0.1, -0.05) is 31.2 Å². The van der Waals surface area contributed by atoms with Crippen LogP contribution in [0, 0.1) is 0 Å². The maximum Gasteiger partial charge on any atom is 0.0713 e. The van der Waals surface area contributed by atoms with E-state index in [9.17, 15) is 0 Å². The molecule has 0 bridgehead atoms. The second kappa shape index (κ2) is 6.32. The first-order valence-corrected chi connectivity index (χ1v) is 6.83. The second-order valence-electron chi connectivity index (χ2n) is 4.99. The Hall–Kier alpha value is -0.900. The van der Waals surface area contributed by atoms with E-state index in [1.54, 1.807) is 7.11 Å². The van der Waals surface area contributed by atoms with E-state index in [1.807, 2.05) is 0 Å². The number of rotatable bonds is 7. The molecule has 1 aliphatic carbocycles. The molecule has 2 N–H and O–H groups in total. The van der Waals surface area contributed by atoms with Gasteiger partial charge in [0.25, 0.3) is 0 Å². The van der Waals surface area contributed by atoms with E-state index in [0.29, 0.717) is 19.2 Å². The normalized spacial score (nSPS) is 17.1. The Morgan fingerprint density at radius 2 is 2.00 bits per heavy atom. The molecule has 100 valence electrons. The molecule has 0 heterocycles. The van der Waals surface area contributed by atoms with Gasteiger partial charge in [0.05, 0.1) is 6.61 Å². The highest BCUT2D eigenvalue weighted by atomic mass is 16.5. The van der Waals surface area contributed by atoms with Crippen LogP contribution in [0.2, 0.25) is 0 Å². The third-order valence-electron chi connectivity index (χ3n) is 3.68. The van der Waals surface area contributed by atoms with E-state index < -0.39 is 0 Å². The zero-order chi connectivity index (χ0) is 13.0. The van der Waals surface area contributed by atoms with Gasteiger partial charge in [-0.25, -0.2) is 0 Å². The van der Waals surface area contributed by atoms with Crippen molar-refractivity contribution in [1.82, 2.24) is 4.90 Å². The molecule has 0 radical (unpaired) electrons. The molecule has 3 nitrogen and oxygen atoms in total. The van der Waals surface area contributed by atoms with Gasteiger partial charge in [0.15, 0.2) is 0 Å². The zero-order valence-electron chi connectivity index (χ0n) is 11.4. The van der Waals surface area contributed by atoms with Gasteiger partial charge in [-0.2, -0.15) is 0 Å². The molecule has 3 heteroatoms. The summed E-state index contributed by atoms with van der Waals surface area (Å²) in [5, 5.41) is 0. The molecule has 1 fully saturated rings. The summed E-state index contributed by atoms with van der Waals surface area (Å²) >= 11 is 0. The van der Waals surface area contributed by atoms with E-state index in [0.717, 1.165) is 12.6 Å². The summed E-state index contributed by atoms with van der Waals surface area (Å²) in [6.45, 7) is 4.66. The number of methoxy groups -OCH3 is 1. The molecule has 0 spiro atoms. The van der Waals surface area contributed by atoms with Crippen molar-refractivity contribution in [1.29, 1.82) is 0 Å². The van der Waals surface area contributed by atoms with Crippen LogP contribution >= 0.6 is 0 Å². The van der Waals surface area contributed by atoms with E-state index in [-0.39, 0.29) is 0 Å². The van der Waals surface area contributed by atoms with Gasteiger partial charge in [0, 0.05) is 25.7 Å². The SMILES string of the molecule is CCN(C1CC1)C(CN)c1ccc(COC)cc1. The van der Waals surface area contributed by atoms with Crippen LogP contribution in [-0.2, 0) is 11.3 Å². The van der Waals surface area contributed by atoms with Crippen molar-refractivity contribution < 1.29 is 4.74 Å². The lowest BCUT2D eigenvalue weighted by Gasteiger charge is -2.30. The first-order valence-electron chi connectivity index (χ1n) is 6.83. The Kier molecular flexibility index (Phi) is 4.75. The molecule has 18 heavy (non-hydrogen) atoms. The molecule has 1 unspecified atom stereocenters. The molecule has 0 aliphatic heterocycles. The molecule has 1 atom stereocenters. The molecule has 2 rings (SSSR count). The number of likely N-dealkylation sites (N-methyl/N-ethyl adjacent to an activating group) is 1. The molecular formula is C15H24N2O. The van der Waals surface area contributed by atoms with Gasteiger partial charge in [-0.15, -0.1) is 0 Å². The molecule has 0 saturated heterocycles. The van der Waals surface area contributed by atoms with Crippen molar-refractivity contribution >= 4 is 0 Å². The Labute approximate surface area is 110 Å². The summed E-state index contributed by atoms with van der Waals surface area (Å²) < 4.78 is 5.14. The lowest BCUT2D eigenvalue weighted by atomic mass is 10.0. The average molecular weight is 248 g/mol. The summed E-state index contributed by atoms with van der Waals surface area (Å²) in [7, 11) is 1.72. The Balaban J connectivity index is 2.10. The highest BCUT2D eigenvalue weighted by Crippen LogP contribution is 2.33. The number of ether oxygens (including phenoxy) is 1. The number of hydrogen-bond donors (Lipinski definition) is 1. The summed E-state index contributed by atoms with van der Waals surface area (Å²) in [6.07, 6.45) is 2.65. The van der Waals surface area contributed by atoms with E-state index in [2.05, 4.69) is 36.1 Å². The molecule has 1 aromatic rings. The van der Waals surface area contributed by atoms with Gasteiger partial charge in [-0.05, 0) is 30.5 Å². The fourth-order valence-electron chi connectivity index (χ4n) is 2.60. The van der Waals surface area contributed by atoms with E-state index in [1.165, 1.54) is 24.0 Å². The standard InChI is InChI=1S/C15H24N2O/c1-3-17(14-8-9-14)15(10-16)13-6-4-12(5-7-13)11-18-2/h4-7,14-15H,3,8-11,16H2,1-2H3. The average Bonchev–Trinajstić information content (AvgIpc) is 3.22. The Morgan fingerprint density at radius 3 is 2.44 bits per heavy atom. The summed E-state index contributed by atoms with van der Waals surface area (Å²) in [5.41, 5.74) is 8.52. The van der Waals surface area contributed by atoms with Crippen LogP contribution in [-0.4, -0.2) is 31.1 Å². The lowest BCUT2D eigenvalue weighted by molar-refractivity contribution is 0.184. The summed E-state index contributed by atoms with van der Waals surface area (Å²) in [4.78, 5) is 2.53. The summed E-state index contributed by atoms with van der Waals surface area (Å²) in [5.74, 6) is 0. The minimum Gasteiger partial charge on any atom is -0.380 e. The predicted molar refractivity (Wildman–Crippen MR) is 74.4 cm³/mol. The number of hydrogen-bond acceptors (Lipinski definition) is 3. The number of nitrogens with zero attached hydrogens (tertiary/aromatic N) is 1. The third-order valence-corrected chi connectivity index (χ3v) is 3.68. The fourth-order valence-corrected chi connectivity index (χ4v) is 2.60. The molecule has 0 aromatic heterocycles. The fraction of sp³-hybridized carbons (Fsp3) is 0.600. The quantitative estimate of drug-likeness (QED) is 0.805. The highest BCUT2D eigenvalue weighted by Gasteiger charge is 2.32. The summed E-state index contributed by atoms with van der Waals surface area (Å²) in [6, 6.07) is 9.78. The van der Waals surface area contributed by atoms with Gasteiger partial charge >= 0.3 is 0 Å². The van der Waals surface area contributed by atoms with Gasteiger partial charge < -0.3 is 10.5 Å². The van der Waals surface area contributed by atoms with Crippen molar-refractivity contribution in [2.24, 2.45) is 5.73 Å². The zero-order valence-corrected chi connectivity index (χ0v) is 11.4. The monoisotopic (exact) mass is 248 g/mol. The first-order chi connectivity index (χ1) is 8.80. The smallest absolute Gasteiger partial charge is 0.0713 e. The van der Waals surface area contributed by atoms with Crippen LogP contribution in [0.3, 0.4) is 0 Å². The van der Waals surface area contributed by atoms with Crippen LogP contribution in [0.4, 0.5) is 0 Å². The Morgan fingerprint density at radius 1 is 1.33 bits per heavy atom. The van der Waals surface area contributed by atoms with Crippen molar-refractivity contribution in [2.45, 2.75) is 38.5 Å². The van der Waals surface area contributed by atoms with Crippen LogP contribution in [0.15, 0.2) is 24.3 Å². The van der Waals surface area contributed by atoms with Crippen molar-refractivity contribution in [3.63, 3.8) is 0 Å². The molecule has 1 aliphatic rings. The van der Waals surface area contributed by atoms with Gasteiger partial charge in [-0.3, -0.25) is 4.90 Å². The largest absolute Gasteiger partial charge is 0.380 e. The molecule has 1 saturated carbocycles. The minimum atomic E-state index is 0.360. The van der Waals surface area contributed by atoms with Crippen LogP contribution < -0.4 is 5.73 Å². The maximum atomic E-state index is 5.98. The van der Waals surface area contributed by atoms with Crippen LogP contribution in [0.1, 0.15) is 36.9 Å². The molecular weight excluding hydrogens is 224 g/mol. The second-order valence-corrected chi connectivity index (χ2v) is 4.99. The van der Waals surface area contributed by atoms with Crippen molar-refractivity contribution in [2.75, 3.05) is 20.2 Å². The number of benzene rings is 1. The lowest BCUT2D eigenvalue weighted by Crippen LogP contribution is -2.35. The maximum absolute atomic E-state index is 5.98. The Bertz CT molecular complexity index is 359. The minimum absolute atomic E-state index is 0.360. The number of nitrogens with two attached hydrogens (primary N) is 1. The topological polar surface area (TPSA) is 38.5 Å². The highest BCUT2D eigenvalue weighted by molar-refractivity contribution is 5.25. The van der Waals surface area contributed by atoms with Crippen molar-refractivity contribution in [3.05, 3.63) is 35.4 Å². The van der Waals surface area contributed by atoms with E-state index >= 15 is 0 Å². The van der Waals surface area contributed by atoms with E-state index in [4.69, 9.17) is 10.5 Å². The third kappa shape index (κ3) is 3.10. The van der Waals surface area contributed by atoms with Crippen molar-refractivity contribution in [3.8, 4) is 0 Å². The molecule has 0 amide bonds. The van der Waals surface area contributed by atoms with Crippen LogP contribution in [0.5, 0.6) is 0 Å².